The number of carbonyl (C=O) groups excluding carboxylic acids is 1. The lowest BCUT2D eigenvalue weighted by molar-refractivity contribution is -0.119. The molecule has 6 aromatic heterocycles. The first-order chi connectivity index (χ1) is 43.7. The van der Waals surface area contributed by atoms with Crippen molar-refractivity contribution in [1.82, 2.24) is 39.4 Å². The Morgan fingerprint density at radius 1 is 0.789 bits per heavy atom. The number of thioether (sulfide) groups is 1. The highest BCUT2D eigenvalue weighted by Crippen LogP contribution is 2.40. The van der Waals surface area contributed by atoms with Crippen molar-refractivity contribution in [2.75, 3.05) is 75.8 Å². The molecule has 0 bridgehead atoms. The van der Waals surface area contributed by atoms with Gasteiger partial charge in [0.15, 0.2) is 16.7 Å². The molecule has 0 aliphatic carbocycles. The van der Waals surface area contributed by atoms with E-state index in [0.717, 1.165) is 90.8 Å². The van der Waals surface area contributed by atoms with E-state index in [1.165, 1.54) is 46.6 Å². The second-order valence-electron chi connectivity index (χ2n) is 21.3. The number of para-hydroxylation sites is 2. The van der Waals surface area contributed by atoms with Crippen LogP contribution in [0.1, 0.15) is 28.4 Å². The Bertz CT molecular complexity index is 4430. The molecule has 20 nitrogen and oxygen atoms in total. The zero-order valence-electron chi connectivity index (χ0n) is 50.0. The number of benzene rings is 5. The maximum absolute atomic E-state index is 14.9. The number of rotatable bonds is 24. The lowest BCUT2D eigenvalue weighted by atomic mass is 10.1. The van der Waals surface area contributed by atoms with Crippen molar-refractivity contribution in [3.05, 3.63) is 185 Å². The summed E-state index contributed by atoms with van der Waals surface area (Å²) < 4.78 is 56.4. The van der Waals surface area contributed by atoms with Crippen LogP contribution in [-0.4, -0.2) is 114 Å². The van der Waals surface area contributed by atoms with Crippen LogP contribution >= 0.6 is 34.4 Å². The summed E-state index contributed by atoms with van der Waals surface area (Å²) >= 11 is 4.49. The summed E-state index contributed by atoms with van der Waals surface area (Å²) in [5, 5.41) is 15.2. The van der Waals surface area contributed by atoms with E-state index in [9.17, 15) is 13.2 Å². The number of pyridine rings is 2. The van der Waals surface area contributed by atoms with Crippen LogP contribution in [0.15, 0.2) is 171 Å². The largest absolute Gasteiger partial charge is 0.493 e. The van der Waals surface area contributed by atoms with Crippen LogP contribution in [0.2, 0.25) is 0 Å². The minimum Gasteiger partial charge on any atom is -0.493 e. The molecule has 1 aliphatic heterocycles. The number of nitrogens with zero attached hydrogens (tertiary/aromatic N) is 10. The number of anilines is 3. The lowest BCUT2D eigenvalue weighted by Gasteiger charge is -2.30. The number of imidazole rings is 1. The average molecular weight is 1280 g/mol. The van der Waals surface area contributed by atoms with Crippen molar-refractivity contribution in [3.63, 3.8) is 0 Å². The number of amides is 1. The van der Waals surface area contributed by atoms with Crippen LogP contribution in [-0.2, 0) is 44.9 Å². The smallest absolute Gasteiger partial charge is 0.242 e. The molecule has 0 saturated carbocycles. The van der Waals surface area contributed by atoms with Crippen LogP contribution < -0.4 is 34.5 Å². The SMILES string of the molecule is COc1cccc(-c2nc(CSc3nc4cc(S(N)(=O)=O)ccc4n3CCN(C(=O)CN(C)Cc3nc(-c4ccc(-c5ccc(-c6nc(CNc7cccnc7Oc7ccccc7C)cs6)nc5)cc4)oc3C)c3ccc(N4CCOCC4)cc3)cs2)c1OC. The van der Waals surface area contributed by atoms with Crippen LogP contribution in [0.5, 0.6) is 23.1 Å². The van der Waals surface area contributed by atoms with Gasteiger partial charge in [-0.25, -0.2) is 38.5 Å². The van der Waals surface area contributed by atoms with Gasteiger partial charge in [0, 0.05) is 84.1 Å². The number of ether oxygens (including phenoxy) is 4. The fraction of sp³-hybridized carbons (Fsp3) is 0.227. The molecule has 90 heavy (non-hydrogen) atoms. The summed E-state index contributed by atoms with van der Waals surface area (Å²) in [5.41, 5.74) is 11.4. The number of nitrogens with two attached hydrogens (primary N) is 1. The summed E-state index contributed by atoms with van der Waals surface area (Å²) in [6.45, 7) is 8.17. The first kappa shape index (κ1) is 61.2. The zero-order chi connectivity index (χ0) is 62.3. The van der Waals surface area contributed by atoms with Crippen molar-refractivity contribution in [1.29, 1.82) is 0 Å². The third-order valence-corrected chi connectivity index (χ3v) is 18.9. The topological polar surface area (TPSA) is 231 Å². The molecule has 0 unspecified atom stereocenters. The van der Waals surface area contributed by atoms with Gasteiger partial charge in [0.05, 0.1) is 90.5 Å². The maximum atomic E-state index is 14.9. The van der Waals surface area contributed by atoms with Gasteiger partial charge in [0.25, 0.3) is 0 Å². The molecule has 12 rings (SSSR count). The molecule has 1 saturated heterocycles. The Morgan fingerprint density at radius 3 is 2.31 bits per heavy atom. The molecule has 0 radical (unpaired) electrons. The number of likely N-dealkylation sites (N-methyl/N-ethyl adjacent to an activating group) is 1. The summed E-state index contributed by atoms with van der Waals surface area (Å²) in [6, 6.07) is 42.1. The minimum atomic E-state index is -4.02. The minimum absolute atomic E-state index is 0.0496. The van der Waals surface area contributed by atoms with Gasteiger partial charge < -0.3 is 43.0 Å². The number of aryl methyl sites for hydroxylation is 2. The molecular formula is C66H64N12O8S4. The molecule has 7 heterocycles. The number of carbonyl (C=O) groups is 1. The Labute approximate surface area is 533 Å². The number of thiazole rings is 2. The normalized spacial score (nSPS) is 12.6. The molecule has 1 fully saturated rings. The number of nitrogens with one attached hydrogen (secondary N) is 1. The summed E-state index contributed by atoms with van der Waals surface area (Å²) in [5.74, 6) is 3.88. The molecule has 3 N–H and O–H groups in total. The van der Waals surface area contributed by atoms with Gasteiger partial charge in [0.2, 0.25) is 27.7 Å². The highest BCUT2D eigenvalue weighted by molar-refractivity contribution is 7.98. The van der Waals surface area contributed by atoms with Crippen LogP contribution in [0, 0.1) is 13.8 Å². The molecule has 11 aromatic rings. The molecule has 1 amide bonds. The van der Waals surface area contributed by atoms with Crippen LogP contribution in [0.4, 0.5) is 17.1 Å². The highest BCUT2D eigenvalue weighted by Gasteiger charge is 2.24. The van der Waals surface area contributed by atoms with Crippen molar-refractivity contribution >= 4 is 78.5 Å². The van der Waals surface area contributed by atoms with Gasteiger partial charge in [-0.05, 0) is 123 Å². The summed E-state index contributed by atoms with van der Waals surface area (Å²) in [7, 11) is 1.07. The lowest BCUT2D eigenvalue weighted by Crippen LogP contribution is -2.41. The second-order valence-corrected chi connectivity index (χ2v) is 25.5. The molecular weight excluding hydrogens is 1220 g/mol. The van der Waals surface area contributed by atoms with Crippen LogP contribution in [0.25, 0.3) is 54.9 Å². The number of aromatic nitrogens is 7. The highest BCUT2D eigenvalue weighted by atomic mass is 32.2. The molecule has 24 heteroatoms. The van der Waals surface area contributed by atoms with E-state index in [1.54, 1.807) is 31.4 Å². The zero-order valence-corrected chi connectivity index (χ0v) is 53.3. The molecule has 1 aliphatic rings. The van der Waals surface area contributed by atoms with E-state index in [1.807, 2.05) is 163 Å². The number of primary sulfonamides is 1. The van der Waals surface area contributed by atoms with E-state index in [4.69, 9.17) is 53.4 Å². The van der Waals surface area contributed by atoms with Gasteiger partial charge >= 0.3 is 0 Å². The number of sulfonamides is 1. The Morgan fingerprint density at radius 2 is 1.54 bits per heavy atom. The molecule has 5 aromatic carbocycles. The molecule has 0 atom stereocenters. The predicted octanol–water partition coefficient (Wildman–Crippen LogP) is 12.4. The van der Waals surface area contributed by atoms with Gasteiger partial charge in [-0.1, -0.05) is 54.2 Å². The predicted molar refractivity (Wildman–Crippen MR) is 353 cm³/mol. The van der Waals surface area contributed by atoms with Crippen molar-refractivity contribution < 1.29 is 36.6 Å². The number of morpholine rings is 1. The Hall–Kier alpha value is -9.01. The quantitative estimate of drug-likeness (QED) is 0.0535. The number of fused-ring (bicyclic) bond motifs is 1. The number of hydrogen-bond acceptors (Lipinski definition) is 20. The second kappa shape index (κ2) is 27.4. The van der Waals surface area contributed by atoms with E-state index >= 15 is 0 Å². The molecule has 460 valence electrons. The van der Waals surface area contributed by atoms with Crippen molar-refractivity contribution in [3.8, 4) is 67.0 Å². The monoisotopic (exact) mass is 1280 g/mol. The van der Waals surface area contributed by atoms with Gasteiger partial charge in [-0.3, -0.25) is 14.7 Å². The standard InChI is InChI=1S/C66H64N12O8S4/c1-42-10-6-7-13-58(42)86-63-53(12-9-27-68-63)70-36-47-39-88-65(71-47)54-25-19-46(35-69-54)44-15-17-45(18-16-44)62-73-56(43(2)85-62)37-75(3)38-60(79)77(50-22-20-49(21-23-50)76-30-32-84-33-31-76)28-29-78-57-26-24-51(90(67,80)81)34-55(57)74-66(78)89-41-48-40-87-64(72-48)52-11-8-14-59(82-4)61(52)83-5/h6-27,34-35,39-40,70H,28-33,36-38,41H2,1-5H3,(H2,67,80,81). The van der Waals surface area contributed by atoms with E-state index in [0.29, 0.717) is 89.5 Å². The van der Waals surface area contributed by atoms with E-state index in [2.05, 4.69) is 15.2 Å². The first-order valence-electron chi connectivity index (χ1n) is 28.9. The number of hydrogen-bond donors (Lipinski definition) is 2. The maximum Gasteiger partial charge on any atom is 0.242 e. The van der Waals surface area contributed by atoms with Crippen molar-refractivity contribution in [2.24, 2.45) is 5.14 Å². The number of methoxy groups -OCH3 is 2. The van der Waals surface area contributed by atoms with Gasteiger partial charge in [-0.15, -0.1) is 22.7 Å². The average Bonchev–Trinajstić information content (AvgIpc) is 2.21. The van der Waals surface area contributed by atoms with E-state index < -0.39 is 10.0 Å². The third-order valence-electron chi connectivity index (χ3n) is 15.2. The van der Waals surface area contributed by atoms with Crippen LogP contribution in [0.3, 0.4) is 0 Å². The summed E-state index contributed by atoms with van der Waals surface area (Å²) in [4.78, 5) is 49.8. The Balaban J connectivity index is 0.715. The first-order valence-corrected chi connectivity index (χ1v) is 33.2. The van der Waals surface area contributed by atoms with Gasteiger partial charge in [0.1, 0.15) is 21.5 Å². The van der Waals surface area contributed by atoms with E-state index in [-0.39, 0.29) is 23.9 Å². The van der Waals surface area contributed by atoms with Crippen molar-refractivity contribution in [2.45, 2.75) is 49.3 Å². The Kier molecular flexibility index (Phi) is 18.6. The number of oxazole rings is 1. The fourth-order valence-electron chi connectivity index (χ4n) is 10.4. The summed E-state index contributed by atoms with van der Waals surface area (Å²) in [6.07, 6.45) is 3.57. The third kappa shape index (κ3) is 14.0. The molecule has 0 spiro atoms. The fourth-order valence-corrected chi connectivity index (χ4v) is 13.6. The van der Waals surface area contributed by atoms with Gasteiger partial charge in [-0.2, -0.15) is 0 Å².